The molecule has 8 heteroatoms. The molecule has 1 fully saturated rings. The number of nitrogens with zero attached hydrogens (tertiary/aromatic N) is 1. The number of carboxylic acid groups (broad SMARTS) is 1. The molecule has 180 valence electrons. The molecule has 1 heterocycles. The Kier molecular flexibility index (Phi) is 6.88. The lowest BCUT2D eigenvalue weighted by molar-refractivity contribution is -0.151. The number of carbonyl (C=O) groups is 3. The van der Waals surface area contributed by atoms with Crippen LogP contribution in [-0.4, -0.2) is 67.4 Å². The molecule has 0 bridgehead atoms. The molecule has 2 aliphatic rings. The Labute approximate surface area is 198 Å². The van der Waals surface area contributed by atoms with Gasteiger partial charge in [0, 0.05) is 38.6 Å². The van der Waals surface area contributed by atoms with Gasteiger partial charge in [-0.15, -0.1) is 0 Å². The third-order valence-electron chi connectivity index (χ3n) is 6.77. The number of amides is 2. The van der Waals surface area contributed by atoms with Gasteiger partial charge in [-0.3, -0.25) is 9.59 Å². The lowest BCUT2D eigenvalue weighted by Gasteiger charge is -2.24. The summed E-state index contributed by atoms with van der Waals surface area (Å²) in [7, 11) is 1.45. The van der Waals surface area contributed by atoms with Crippen molar-refractivity contribution >= 4 is 18.0 Å². The van der Waals surface area contributed by atoms with Crippen LogP contribution in [0.15, 0.2) is 48.5 Å². The number of hydrogen-bond acceptors (Lipinski definition) is 5. The molecule has 1 aliphatic carbocycles. The van der Waals surface area contributed by atoms with Crippen LogP contribution in [0.3, 0.4) is 0 Å². The highest BCUT2D eigenvalue weighted by Gasteiger charge is 2.46. The number of alkyl carbamates (subject to hydrolysis) is 1. The monoisotopic (exact) mass is 466 g/mol. The third kappa shape index (κ3) is 4.63. The first-order chi connectivity index (χ1) is 16.3. The molecule has 2 aromatic rings. The fourth-order valence-corrected chi connectivity index (χ4v) is 5.00. The van der Waals surface area contributed by atoms with Crippen molar-refractivity contribution in [2.24, 2.45) is 5.41 Å². The summed E-state index contributed by atoms with van der Waals surface area (Å²) in [5.41, 5.74) is 3.50. The van der Waals surface area contributed by atoms with E-state index in [0.717, 1.165) is 22.3 Å². The topological polar surface area (TPSA) is 105 Å². The SMILES string of the molecule is COCC1(C(=O)O)CCN(C(=O)C[C@H](C)NC(=O)OCC2c3ccccc3-c3ccccc32)C1. The summed E-state index contributed by atoms with van der Waals surface area (Å²) in [6, 6.07) is 15.8. The normalized spacial score (nSPS) is 19.9. The highest BCUT2D eigenvalue weighted by atomic mass is 16.5. The van der Waals surface area contributed by atoms with Crippen molar-refractivity contribution < 1.29 is 29.0 Å². The molecule has 34 heavy (non-hydrogen) atoms. The summed E-state index contributed by atoms with van der Waals surface area (Å²) in [4.78, 5) is 38.4. The van der Waals surface area contributed by atoms with Crippen LogP contribution < -0.4 is 5.32 Å². The summed E-state index contributed by atoms with van der Waals surface area (Å²) in [5, 5.41) is 12.3. The van der Waals surface area contributed by atoms with Crippen LogP contribution >= 0.6 is 0 Å². The highest BCUT2D eigenvalue weighted by Crippen LogP contribution is 2.44. The van der Waals surface area contributed by atoms with E-state index in [9.17, 15) is 19.5 Å². The lowest BCUT2D eigenvalue weighted by atomic mass is 9.88. The van der Waals surface area contributed by atoms with Crippen molar-refractivity contribution in [3.8, 4) is 11.1 Å². The van der Waals surface area contributed by atoms with Crippen LogP contribution in [0, 0.1) is 5.41 Å². The van der Waals surface area contributed by atoms with E-state index in [4.69, 9.17) is 9.47 Å². The molecule has 0 aromatic heterocycles. The summed E-state index contributed by atoms with van der Waals surface area (Å²) >= 11 is 0. The quantitative estimate of drug-likeness (QED) is 0.619. The zero-order valence-electron chi connectivity index (χ0n) is 19.5. The van der Waals surface area contributed by atoms with Crippen LogP contribution in [0.25, 0.3) is 11.1 Å². The van der Waals surface area contributed by atoms with E-state index in [1.54, 1.807) is 6.92 Å². The Hall–Kier alpha value is -3.39. The van der Waals surface area contributed by atoms with Gasteiger partial charge in [0.05, 0.1) is 6.61 Å². The molecular formula is C26H30N2O6. The van der Waals surface area contributed by atoms with Gasteiger partial charge in [-0.2, -0.15) is 0 Å². The Bertz CT molecular complexity index is 1040. The number of nitrogens with one attached hydrogen (secondary N) is 1. The van der Waals surface area contributed by atoms with Gasteiger partial charge in [0.15, 0.2) is 0 Å². The molecule has 2 amide bonds. The van der Waals surface area contributed by atoms with E-state index in [2.05, 4.69) is 29.6 Å². The summed E-state index contributed by atoms with van der Waals surface area (Å²) in [6.07, 6.45) is -0.175. The fourth-order valence-electron chi connectivity index (χ4n) is 5.00. The molecular weight excluding hydrogens is 436 g/mol. The number of benzene rings is 2. The number of ether oxygens (including phenoxy) is 2. The molecule has 2 aromatic carbocycles. The number of rotatable bonds is 8. The number of methoxy groups -OCH3 is 1. The van der Waals surface area contributed by atoms with Crippen molar-refractivity contribution in [3.63, 3.8) is 0 Å². The average Bonchev–Trinajstić information content (AvgIpc) is 3.39. The molecule has 8 nitrogen and oxygen atoms in total. The van der Waals surface area contributed by atoms with E-state index in [-0.39, 0.29) is 38.0 Å². The molecule has 0 spiro atoms. The van der Waals surface area contributed by atoms with Crippen molar-refractivity contribution in [2.45, 2.75) is 31.7 Å². The van der Waals surface area contributed by atoms with Crippen molar-refractivity contribution in [1.82, 2.24) is 10.2 Å². The second kappa shape index (κ2) is 9.85. The van der Waals surface area contributed by atoms with Crippen LogP contribution in [0.4, 0.5) is 4.79 Å². The molecule has 2 atom stereocenters. The summed E-state index contributed by atoms with van der Waals surface area (Å²) in [5.74, 6) is -1.20. The zero-order valence-corrected chi connectivity index (χ0v) is 19.5. The van der Waals surface area contributed by atoms with E-state index in [1.165, 1.54) is 12.0 Å². The Morgan fingerprint density at radius 3 is 2.32 bits per heavy atom. The zero-order chi connectivity index (χ0) is 24.3. The van der Waals surface area contributed by atoms with Crippen molar-refractivity contribution in [3.05, 3.63) is 59.7 Å². The maximum atomic E-state index is 12.7. The number of carboxylic acids is 1. The second-order valence-electron chi connectivity index (χ2n) is 9.16. The minimum atomic E-state index is -1.08. The first kappa shape index (κ1) is 23.8. The summed E-state index contributed by atoms with van der Waals surface area (Å²) in [6.45, 7) is 2.44. The van der Waals surface area contributed by atoms with E-state index in [1.807, 2.05) is 24.3 Å². The van der Waals surface area contributed by atoms with E-state index < -0.39 is 23.5 Å². The third-order valence-corrected chi connectivity index (χ3v) is 6.77. The largest absolute Gasteiger partial charge is 0.481 e. The van der Waals surface area contributed by atoms with Gasteiger partial charge in [0.25, 0.3) is 0 Å². The number of likely N-dealkylation sites (tertiary alicyclic amines) is 1. The van der Waals surface area contributed by atoms with Gasteiger partial charge in [0.2, 0.25) is 5.91 Å². The van der Waals surface area contributed by atoms with Crippen molar-refractivity contribution in [1.29, 1.82) is 0 Å². The molecule has 1 saturated heterocycles. The van der Waals surface area contributed by atoms with Gasteiger partial charge in [-0.1, -0.05) is 48.5 Å². The van der Waals surface area contributed by atoms with Gasteiger partial charge in [-0.05, 0) is 35.6 Å². The number of fused-ring (bicyclic) bond motifs is 3. The lowest BCUT2D eigenvalue weighted by Crippen LogP contribution is -2.42. The fraction of sp³-hybridized carbons (Fsp3) is 0.423. The maximum Gasteiger partial charge on any atom is 0.407 e. The Balaban J connectivity index is 1.30. The molecule has 1 unspecified atom stereocenters. The van der Waals surface area contributed by atoms with Crippen LogP contribution in [0.1, 0.15) is 36.8 Å². The van der Waals surface area contributed by atoms with Gasteiger partial charge in [0.1, 0.15) is 12.0 Å². The highest BCUT2D eigenvalue weighted by molar-refractivity contribution is 5.82. The van der Waals surface area contributed by atoms with E-state index >= 15 is 0 Å². The van der Waals surface area contributed by atoms with Crippen LogP contribution in [0.2, 0.25) is 0 Å². The Morgan fingerprint density at radius 2 is 1.74 bits per heavy atom. The average molecular weight is 467 g/mol. The van der Waals surface area contributed by atoms with Crippen LogP contribution in [0.5, 0.6) is 0 Å². The van der Waals surface area contributed by atoms with Gasteiger partial charge < -0.3 is 24.8 Å². The molecule has 2 N–H and O–H groups in total. The predicted molar refractivity (Wildman–Crippen MR) is 125 cm³/mol. The van der Waals surface area contributed by atoms with Gasteiger partial charge in [-0.25, -0.2) is 4.79 Å². The number of aliphatic carboxylic acids is 1. The van der Waals surface area contributed by atoms with Gasteiger partial charge >= 0.3 is 12.1 Å². The van der Waals surface area contributed by atoms with Crippen LogP contribution in [-0.2, 0) is 19.1 Å². The maximum absolute atomic E-state index is 12.7. The molecule has 4 rings (SSSR count). The predicted octanol–water partition coefficient (Wildman–Crippen LogP) is 3.25. The first-order valence-corrected chi connectivity index (χ1v) is 11.5. The number of carbonyl (C=O) groups excluding carboxylic acids is 2. The molecule has 0 saturated carbocycles. The minimum absolute atomic E-state index is 0.0374. The molecule has 0 radical (unpaired) electrons. The standard InChI is InChI=1S/C26H30N2O6/c1-17(13-23(29)28-12-11-26(15-28,16-33-2)24(30)31)27-25(32)34-14-22-20-9-5-3-7-18(20)19-8-4-6-10-21(19)22/h3-10,17,22H,11-16H2,1-2H3,(H,27,32)(H,30,31)/t17-,26?/m0/s1. The Morgan fingerprint density at radius 1 is 1.12 bits per heavy atom. The minimum Gasteiger partial charge on any atom is -0.481 e. The van der Waals surface area contributed by atoms with Crippen molar-refractivity contribution in [2.75, 3.05) is 33.4 Å². The molecule has 1 aliphatic heterocycles. The number of hydrogen-bond donors (Lipinski definition) is 2. The van der Waals surface area contributed by atoms with E-state index in [0.29, 0.717) is 13.0 Å². The second-order valence-corrected chi connectivity index (χ2v) is 9.16. The smallest absolute Gasteiger partial charge is 0.407 e. The first-order valence-electron chi connectivity index (χ1n) is 11.5. The summed E-state index contributed by atoms with van der Waals surface area (Å²) < 4.78 is 10.6.